The van der Waals surface area contributed by atoms with Crippen molar-refractivity contribution in [3.05, 3.63) is 47.9 Å². The van der Waals surface area contributed by atoms with Gasteiger partial charge in [0, 0.05) is 37.4 Å². The molecule has 28 heavy (non-hydrogen) atoms. The van der Waals surface area contributed by atoms with Crippen LogP contribution in [0.2, 0.25) is 0 Å². The van der Waals surface area contributed by atoms with Crippen molar-refractivity contribution in [1.29, 1.82) is 0 Å². The number of anilines is 2. The Kier molecular flexibility index (Phi) is 6.98. The van der Waals surface area contributed by atoms with Crippen molar-refractivity contribution in [2.24, 2.45) is 0 Å². The summed E-state index contributed by atoms with van der Waals surface area (Å²) in [4.78, 5) is 25.7. The van der Waals surface area contributed by atoms with E-state index < -0.39 is 0 Å². The number of aryl methyl sites for hydroxylation is 1. The van der Waals surface area contributed by atoms with Crippen molar-refractivity contribution >= 4 is 17.4 Å². The molecule has 0 aliphatic carbocycles. The van der Waals surface area contributed by atoms with Gasteiger partial charge in [0.1, 0.15) is 5.82 Å². The molecule has 1 N–H and O–H groups in total. The van der Waals surface area contributed by atoms with Crippen LogP contribution >= 0.6 is 0 Å². The largest absolute Gasteiger partial charge is 0.342 e. The molecular weight excluding hydrogens is 350 g/mol. The first kappa shape index (κ1) is 20.3. The number of carbonyl (C=O) groups excluding carboxylic acids is 1. The molecule has 1 amide bonds. The van der Waals surface area contributed by atoms with Gasteiger partial charge in [-0.25, -0.2) is 4.98 Å². The van der Waals surface area contributed by atoms with Crippen molar-refractivity contribution in [2.45, 2.75) is 39.5 Å². The van der Waals surface area contributed by atoms with Crippen molar-refractivity contribution in [3.63, 3.8) is 0 Å². The van der Waals surface area contributed by atoms with Gasteiger partial charge in [-0.3, -0.25) is 14.7 Å². The number of carbonyl (C=O) groups is 1. The Hall–Kier alpha value is -2.47. The third-order valence-electron chi connectivity index (χ3n) is 5.46. The summed E-state index contributed by atoms with van der Waals surface area (Å²) in [5.74, 6) is 1.46. The molecule has 6 nitrogen and oxygen atoms in total. The van der Waals surface area contributed by atoms with E-state index in [9.17, 15) is 4.79 Å². The van der Waals surface area contributed by atoms with Gasteiger partial charge in [0.05, 0.1) is 18.4 Å². The van der Waals surface area contributed by atoms with E-state index >= 15 is 0 Å². The van der Waals surface area contributed by atoms with E-state index in [1.165, 1.54) is 0 Å². The maximum absolute atomic E-state index is 12.4. The predicted octanol–water partition coefficient (Wildman–Crippen LogP) is 3.58. The maximum atomic E-state index is 12.4. The lowest BCUT2D eigenvalue weighted by atomic mass is 9.94. The zero-order valence-electron chi connectivity index (χ0n) is 17.2. The highest BCUT2D eigenvalue weighted by molar-refractivity contribution is 5.78. The molecule has 3 rings (SSSR count). The lowest BCUT2D eigenvalue weighted by Gasteiger charge is -2.33. The summed E-state index contributed by atoms with van der Waals surface area (Å²) < 4.78 is 0. The van der Waals surface area contributed by atoms with E-state index in [4.69, 9.17) is 4.98 Å². The first-order chi connectivity index (χ1) is 13.6. The van der Waals surface area contributed by atoms with Gasteiger partial charge in [0.25, 0.3) is 0 Å². The first-order valence-electron chi connectivity index (χ1n) is 10.3. The van der Waals surface area contributed by atoms with Gasteiger partial charge in [-0.1, -0.05) is 6.07 Å². The average Bonchev–Trinajstić information content (AvgIpc) is 2.71. The fraction of sp³-hybridized carbons (Fsp3) is 0.500. The second kappa shape index (κ2) is 9.64. The summed E-state index contributed by atoms with van der Waals surface area (Å²) in [5, 5.41) is 3.33. The van der Waals surface area contributed by atoms with E-state index in [-0.39, 0.29) is 5.91 Å². The van der Waals surface area contributed by atoms with Crippen molar-refractivity contribution in [2.75, 3.05) is 38.0 Å². The number of hydrogen-bond donors (Lipinski definition) is 1. The SMILES string of the molecule is CCN(CC)C(=O)CN1CCCC(c2ccc(Nc3ncccc3C)cn2)C1. The third kappa shape index (κ3) is 5.07. The fourth-order valence-corrected chi connectivity index (χ4v) is 3.78. The van der Waals surface area contributed by atoms with Crippen LogP contribution in [0.1, 0.15) is 43.9 Å². The molecule has 1 fully saturated rings. The minimum Gasteiger partial charge on any atom is -0.342 e. The van der Waals surface area contributed by atoms with Crippen LogP contribution in [-0.4, -0.2) is 58.4 Å². The maximum Gasteiger partial charge on any atom is 0.236 e. The van der Waals surface area contributed by atoms with Crippen LogP contribution in [0.25, 0.3) is 0 Å². The lowest BCUT2D eigenvalue weighted by Crippen LogP contribution is -2.43. The van der Waals surface area contributed by atoms with Gasteiger partial charge < -0.3 is 10.2 Å². The normalized spacial score (nSPS) is 17.3. The molecule has 0 radical (unpaired) electrons. The lowest BCUT2D eigenvalue weighted by molar-refractivity contribution is -0.132. The monoisotopic (exact) mass is 381 g/mol. The summed E-state index contributed by atoms with van der Waals surface area (Å²) in [6.45, 7) is 10.0. The van der Waals surface area contributed by atoms with Crippen LogP contribution in [0.4, 0.5) is 11.5 Å². The first-order valence-corrected chi connectivity index (χ1v) is 10.3. The van der Waals surface area contributed by atoms with Gasteiger partial charge in [-0.05, 0) is 63.9 Å². The molecule has 0 spiro atoms. The summed E-state index contributed by atoms with van der Waals surface area (Å²) >= 11 is 0. The summed E-state index contributed by atoms with van der Waals surface area (Å²) in [6.07, 6.45) is 5.89. The number of nitrogens with zero attached hydrogens (tertiary/aromatic N) is 4. The third-order valence-corrected chi connectivity index (χ3v) is 5.46. The Morgan fingerprint density at radius 3 is 2.75 bits per heavy atom. The van der Waals surface area contributed by atoms with Crippen LogP contribution in [-0.2, 0) is 4.79 Å². The minimum absolute atomic E-state index is 0.226. The highest BCUT2D eigenvalue weighted by atomic mass is 16.2. The van der Waals surface area contributed by atoms with Crippen molar-refractivity contribution in [3.8, 4) is 0 Å². The van der Waals surface area contributed by atoms with Gasteiger partial charge in [0.2, 0.25) is 5.91 Å². The summed E-state index contributed by atoms with van der Waals surface area (Å²) in [5.41, 5.74) is 3.14. The van der Waals surface area contributed by atoms with E-state index in [1.807, 2.05) is 44.0 Å². The summed E-state index contributed by atoms with van der Waals surface area (Å²) in [6, 6.07) is 8.13. The molecule has 0 aromatic carbocycles. The van der Waals surface area contributed by atoms with Crippen molar-refractivity contribution in [1.82, 2.24) is 19.8 Å². The molecule has 0 saturated carbocycles. The zero-order chi connectivity index (χ0) is 19.9. The number of pyridine rings is 2. The van der Waals surface area contributed by atoms with Crippen LogP contribution < -0.4 is 5.32 Å². The van der Waals surface area contributed by atoms with Gasteiger partial charge in [0.15, 0.2) is 0 Å². The quantitative estimate of drug-likeness (QED) is 0.794. The number of hydrogen-bond acceptors (Lipinski definition) is 5. The van der Waals surface area contributed by atoms with Crippen LogP contribution in [0.15, 0.2) is 36.7 Å². The smallest absolute Gasteiger partial charge is 0.236 e. The number of aromatic nitrogens is 2. The molecular formula is C22H31N5O. The Balaban J connectivity index is 1.60. The Bertz CT molecular complexity index is 773. The average molecular weight is 382 g/mol. The predicted molar refractivity (Wildman–Crippen MR) is 113 cm³/mol. The molecule has 2 aromatic rings. The zero-order valence-corrected chi connectivity index (χ0v) is 17.2. The number of nitrogens with one attached hydrogen (secondary N) is 1. The molecule has 1 aliphatic rings. The molecule has 3 heterocycles. The van der Waals surface area contributed by atoms with Gasteiger partial charge >= 0.3 is 0 Å². The molecule has 1 aliphatic heterocycles. The van der Waals surface area contributed by atoms with Crippen molar-refractivity contribution < 1.29 is 4.79 Å². The second-order valence-electron chi connectivity index (χ2n) is 7.41. The number of likely N-dealkylation sites (N-methyl/N-ethyl adjacent to an activating group) is 1. The number of piperidine rings is 1. The van der Waals surface area contributed by atoms with Gasteiger partial charge in [-0.2, -0.15) is 0 Å². The molecule has 0 bridgehead atoms. The number of amides is 1. The minimum atomic E-state index is 0.226. The Labute approximate surface area is 168 Å². The molecule has 1 saturated heterocycles. The van der Waals surface area contributed by atoms with E-state index in [1.54, 1.807) is 6.20 Å². The second-order valence-corrected chi connectivity index (χ2v) is 7.41. The van der Waals surface area contributed by atoms with Crippen LogP contribution in [0, 0.1) is 6.92 Å². The molecule has 6 heteroatoms. The van der Waals surface area contributed by atoms with Gasteiger partial charge in [-0.15, -0.1) is 0 Å². The molecule has 1 atom stereocenters. The highest BCUT2D eigenvalue weighted by Crippen LogP contribution is 2.27. The highest BCUT2D eigenvalue weighted by Gasteiger charge is 2.24. The Morgan fingerprint density at radius 2 is 2.07 bits per heavy atom. The van der Waals surface area contributed by atoms with Crippen LogP contribution in [0.3, 0.4) is 0 Å². The van der Waals surface area contributed by atoms with Crippen LogP contribution in [0.5, 0.6) is 0 Å². The molecule has 2 aromatic heterocycles. The fourth-order valence-electron chi connectivity index (χ4n) is 3.78. The molecule has 150 valence electrons. The Morgan fingerprint density at radius 1 is 1.25 bits per heavy atom. The topological polar surface area (TPSA) is 61.4 Å². The molecule has 1 unspecified atom stereocenters. The number of rotatable bonds is 7. The summed E-state index contributed by atoms with van der Waals surface area (Å²) in [7, 11) is 0. The van der Waals surface area contributed by atoms with E-state index in [0.717, 1.165) is 61.8 Å². The van der Waals surface area contributed by atoms with E-state index in [2.05, 4.69) is 27.3 Å². The van der Waals surface area contributed by atoms with E-state index in [0.29, 0.717) is 12.5 Å². The standard InChI is InChI=1S/C22H31N5O/c1-4-27(5-2)21(28)16-26-13-7-9-18(15-26)20-11-10-19(14-24-20)25-22-17(3)8-6-12-23-22/h6,8,10-12,14,18H,4-5,7,9,13,15-16H2,1-3H3,(H,23,25). The number of likely N-dealkylation sites (tertiary alicyclic amines) is 1.